The average Bonchev–Trinajstić information content (AvgIpc) is 3.53. The van der Waals surface area contributed by atoms with E-state index in [1.807, 2.05) is 6.92 Å². The smallest absolute Gasteiger partial charge is 0.296 e. The maximum absolute atomic E-state index is 13.7. The molecule has 1 aliphatic heterocycles. The van der Waals surface area contributed by atoms with E-state index in [9.17, 15) is 19.1 Å². The number of amides is 1. The number of aromatic nitrogens is 1. The lowest BCUT2D eigenvalue weighted by atomic mass is 9.95. The molecule has 0 saturated heterocycles. The number of thiazole rings is 1. The lowest BCUT2D eigenvalue weighted by molar-refractivity contribution is -0.117. The van der Waals surface area contributed by atoms with Gasteiger partial charge in [-0.3, -0.25) is 14.5 Å². The minimum absolute atomic E-state index is 0.00601. The summed E-state index contributed by atoms with van der Waals surface area (Å²) in [6, 6.07) is 13.1. The number of benzene rings is 2. The van der Waals surface area contributed by atoms with E-state index in [4.69, 9.17) is 9.15 Å². The standard InChI is InChI=1S/C24H17FN2O5S/c1-2-31-15-8-5-13(6-9-15)20-19(21(28)17-4-3-11-32-17)22(29)23(30)27(20)24-26-16-10-7-14(25)12-18(16)33-24/h3-12,20,29H,2H2,1H3/t20-/m0/s1. The maximum atomic E-state index is 13.7. The minimum Gasteiger partial charge on any atom is -0.503 e. The Kier molecular flexibility index (Phi) is 5.18. The Morgan fingerprint density at radius 3 is 2.73 bits per heavy atom. The van der Waals surface area contributed by atoms with Crippen molar-refractivity contribution in [2.24, 2.45) is 0 Å². The number of nitrogens with zero attached hydrogens (tertiary/aromatic N) is 2. The van der Waals surface area contributed by atoms with E-state index in [0.717, 1.165) is 11.3 Å². The predicted molar refractivity (Wildman–Crippen MR) is 120 cm³/mol. The number of anilines is 1. The van der Waals surface area contributed by atoms with Crippen LogP contribution in [-0.4, -0.2) is 28.4 Å². The molecule has 1 aliphatic rings. The van der Waals surface area contributed by atoms with Crippen LogP contribution >= 0.6 is 11.3 Å². The van der Waals surface area contributed by atoms with E-state index in [-0.39, 0.29) is 16.5 Å². The number of carbonyl (C=O) groups excluding carboxylic acids is 2. The number of furan rings is 1. The van der Waals surface area contributed by atoms with Gasteiger partial charge in [0.25, 0.3) is 5.91 Å². The second kappa shape index (κ2) is 8.18. The van der Waals surface area contributed by atoms with Crippen LogP contribution in [0.25, 0.3) is 10.2 Å². The fourth-order valence-electron chi connectivity index (χ4n) is 3.79. The summed E-state index contributed by atoms with van der Waals surface area (Å²) in [6.07, 6.45) is 1.34. The zero-order valence-corrected chi connectivity index (χ0v) is 18.1. The number of halogens is 1. The molecule has 1 N–H and O–H groups in total. The van der Waals surface area contributed by atoms with Gasteiger partial charge in [-0.1, -0.05) is 23.5 Å². The van der Waals surface area contributed by atoms with Gasteiger partial charge in [-0.05, 0) is 55.0 Å². The average molecular weight is 464 g/mol. The van der Waals surface area contributed by atoms with Gasteiger partial charge in [-0.25, -0.2) is 9.37 Å². The van der Waals surface area contributed by atoms with Crippen LogP contribution in [0.15, 0.2) is 76.6 Å². The normalized spacial score (nSPS) is 16.1. The summed E-state index contributed by atoms with van der Waals surface area (Å²) in [6.45, 7) is 2.35. The van der Waals surface area contributed by atoms with Crippen molar-refractivity contribution in [3.05, 3.63) is 89.3 Å². The first-order valence-corrected chi connectivity index (χ1v) is 10.9. The van der Waals surface area contributed by atoms with Crippen molar-refractivity contribution in [2.75, 3.05) is 11.5 Å². The van der Waals surface area contributed by atoms with E-state index < -0.39 is 29.3 Å². The van der Waals surface area contributed by atoms with E-state index in [1.165, 1.54) is 35.4 Å². The highest BCUT2D eigenvalue weighted by Gasteiger charge is 2.46. The van der Waals surface area contributed by atoms with Gasteiger partial charge in [-0.15, -0.1) is 0 Å². The van der Waals surface area contributed by atoms with Crippen molar-refractivity contribution in [3.8, 4) is 5.75 Å². The van der Waals surface area contributed by atoms with Crippen molar-refractivity contribution < 1.29 is 28.2 Å². The van der Waals surface area contributed by atoms with Crippen LogP contribution in [-0.2, 0) is 4.79 Å². The topological polar surface area (TPSA) is 92.9 Å². The van der Waals surface area contributed by atoms with Gasteiger partial charge in [0.05, 0.1) is 34.7 Å². The lowest BCUT2D eigenvalue weighted by Crippen LogP contribution is -2.30. The number of carbonyl (C=O) groups is 2. The van der Waals surface area contributed by atoms with E-state index >= 15 is 0 Å². The van der Waals surface area contributed by atoms with Crippen molar-refractivity contribution >= 4 is 38.4 Å². The van der Waals surface area contributed by atoms with E-state index in [0.29, 0.717) is 28.1 Å². The monoisotopic (exact) mass is 464 g/mol. The Hall–Kier alpha value is -3.98. The fourth-order valence-corrected chi connectivity index (χ4v) is 4.81. The zero-order valence-electron chi connectivity index (χ0n) is 17.3. The predicted octanol–water partition coefficient (Wildman–Crippen LogP) is 5.21. The summed E-state index contributed by atoms with van der Waals surface area (Å²) in [5, 5.41) is 11.0. The number of fused-ring (bicyclic) bond motifs is 1. The number of ketones is 1. The second-order valence-corrected chi connectivity index (χ2v) is 8.27. The first-order valence-electron chi connectivity index (χ1n) is 10.1. The van der Waals surface area contributed by atoms with Crippen molar-refractivity contribution in [1.82, 2.24) is 4.98 Å². The molecule has 166 valence electrons. The summed E-state index contributed by atoms with van der Waals surface area (Å²) in [4.78, 5) is 32.1. The molecule has 2 aromatic heterocycles. The molecule has 9 heteroatoms. The van der Waals surface area contributed by atoms with Gasteiger partial charge >= 0.3 is 0 Å². The molecule has 0 radical (unpaired) electrons. The molecule has 2 aromatic carbocycles. The number of rotatable bonds is 6. The summed E-state index contributed by atoms with van der Waals surface area (Å²) in [7, 11) is 0. The van der Waals surface area contributed by atoms with Gasteiger partial charge in [0.15, 0.2) is 16.7 Å². The Labute approximate surface area is 191 Å². The minimum atomic E-state index is -0.962. The third kappa shape index (κ3) is 3.56. The van der Waals surface area contributed by atoms with Gasteiger partial charge in [0, 0.05) is 0 Å². The van der Waals surface area contributed by atoms with Gasteiger partial charge in [0.1, 0.15) is 11.6 Å². The van der Waals surface area contributed by atoms with Crippen LogP contribution in [0.4, 0.5) is 9.52 Å². The molecule has 0 fully saturated rings. The molecule has 7 nitrogen and oxygen atoms in total. The molecule has 0 aliphatic carbocycles. The molecule has 0 unspecified atom stereocenters. The Bertz CT molecular complexity index is 1390. The summed E-state index contributed by atoms with van der Waals surface area (Å²) >= 11 is 1.09. The van der Waals surface area contributed by atoms with Crippen LogP contribution in [0.3, 0.4) is 0 Å². The second-order valence-electron chi connectivity index (χ2n) is 7.26. The van der Waals surface area contributed by atoms with E-state index in [2.05, 4.69) is 4.98 Å². The molecule has 5 rings (SSSR count). The molecule has 0 spiro atoms. The first kappa shape index (κ1) is 20.9. The quantitative estimate of drug-likeness (QED) is 0.394. The summed E-state index contributed by atoms with van der Waals surface area (Å²) in [5.41, 5.74) is 0.945. The van der Waals surface area contributed by atoms with E-state index in [1.54, 1.807) is 30.3 Å². The molecule has 0 bridgehead atoms. The van der Waals surface area contributed by atoms with Gasteiger partial charge < -0.3 is 14.3 Å². The number of aliphatic hydroxyl groups excluding tert-OH is 1. The SMILES string of the molecule is CCOc1ccc([C@H]2C(C(=O)c3ccco3)=C(O)C(=O)N2c2nc3ccc(F)cc3s2)cc1. The molecule has 4 aromatic rings. The van der Waals surface area contributed by atoms with Crippen LogP contribution in [0, 0.1) is 5.82 Å². The first-order chi connectivity index (χ1) is 16.0. The van der Waals surface area contributed by atoms with Crippen molar-refractivity contribution in [3.63, 3.8) is 0 Å². The van der Waals surface area contributed by atoms with Crippen LogP contribution in [0.1, 0.15) is 29.1 Å². The largest absolute Gasteiger partial charge is 0.503 e. The molecular weight excluding hydrogens is 447 g/mol. The summed E-state index contributed by atoms with van der Waals surface area (Å²) in [5.74, 6) is -1.88. The highest BCUT2D eigenvalue weighted by molar-refractivity contribution is 7.22. The van der Waals surface area contributed by atoms with Gasteiger partial charge in [-0.2, -0.15) is 0 Å². The van der Waals surface area contributed by atoms with Crippen molar-refractivity contribution in [2.45, 2.75) is 13.0 Å². The Morgan fingerprint density at radius 1 is 1.24 bits per heavy atom. The Balaban J connectivity index is 1.65. The third-order valence-corrected chi connectivity index (χ3v) is 6.27. The Morgan fingerprint density at radius 2 is 2.03 bits per heavy atom. The molecular formula is C24H17FN2O5S. The number of Topliss-reactive ketones (excluding diaryl/α,β-unsaturated/α-hetero) is 1. The summed E-state index contributed by atoms with van der Waals surface area (Å²) < 4.78 is 25.0. The molecule has 3 heterocycles. The maximum Gasteiger partial charge on any atom is 0.296 e. The molecule has 0 saturated carbocycles. The number of hydrogen-bond donors (Lipinski definition) is 1. The number of ether oxygens (including phenoxy) is 1. The highest BCUT2D eigenvalue weighted by atomic mass is 32.1. The van der Waals surface area contributed by atoms with Gasteiger partial charge in [0.2, 0.25) is 5.78 Å². The zero-order chi connectivity index (χ0) is 23.1. The molecule has 33 heavy (non-hydrogen) atoms. The van der Waals surface area contributed by atoms with Crippen LogP contribution in [0.2, 0.25) is 0 Å². The third-order valence-electron chi connectivity index (χ3n) is 5.25. The molecule has 1 atom stereocenters. The van der Waals surface area contributed by atoms with Crippen molar-refractivity contribution in [1.29, 1.82) is 0 Å². The van der Waals surface area contributed by atoms with Crippen LogP contribution in [0.5, 0.6) is 5.75 Å². The fraction of sp³-hybridized carbons (Fsp3) is 0.125. The number of hydrogen-bond acceptors (Lipinski definition) is 7. The lowest BCUT2D eigenvalue weighted by Gasteiger charge is -2.24. The number of aliphatic hydroxyl groups is 1. The molecule has 1 amide bonds. The highest BCUT2D eigenvalue weighted by Crippen LogP contribution is 2.44. The van der Waals surface area contributed by atoms with Crippen LogP contribution < -0.4 is 9.64 Å².